The normalized spacial score (nSPS) is 24.4. The third-order valence-electron chi connectivity index (χ3n) is 5.78. The molecule has 4 N–H and O–H groups in total. The van der Waals surface area contributed by atoms with Crippen molar-refractivity contribution >= 4 is 17.6 Å². The lowest BCUT2D eigenvalue weighted by molar-refractivity contribution is 0.126. The van der Waals surface area contributed by atoms with Gasteiger partial charge in [-0.3, -0.25) is 5.32 Å². The van der Waals surface area contributed by atoms with E-state index in [1.807, 2.05) is 12.1 Å². The van der Waals surface area contributed by atoms with Crippen molar-refractivity contribution in [2.24, 2.45) is 0 Å². The number of rotatable bonds is 5. The molecule has 1 unspecified atom stereocenters. The molecule has 1 saturated heterocycles. The lowest BCUT2D eigenvalue weighted by Crippen LogP contribution is -2.51. The second-order valence-corrected chi connectivity index (χ2v) is 8.11. The zero-order chi connectivity index (χ0) is 21.5. The van der Waals surface area contributed by atoms with E-state index in [1.54, 1.807) is 12.1 Å². The molecule has 2 aromatic carbocycles. The Bertz CT molecular complexity index is 930. The Kier molecular flexibility index (Phi) is 5.57. The van der Waals surface area contributed by atoms with Gasteiger partial charge in [-0.25, -0.2) is 13.6 Å². The SMILES string of the molecule is COc1cc(F)c([C@@H]2CNC(O)[C@H]2NC(=O)NC2(c3ccc(Cl)cc3)CC2)c(F)c1. The van der Waals surface area contributed by atoms with Gasteiger partial charge in [0.15, 0.2) is 0 Å². The summed E-state index contributed by atoms with van der Waals surface area (Å²) in [5.74, 6) is -2.32. The highest BCUT2D eigenvalue weighted by molar-refractivity contribution is 6.30. The molecule has 0 spiro atoms. The van der Waals surface area contributed by atoms with Crippen LogP contribution in [0.2, 0.25) is 5.02 Å². The van der Waals surface area contributed by atoms with E-state index < -0.39 is 41.4 Å². The van der Waals surface area contributed by atoms with Crippen LogP contribution >= 0.6 is 11.6 Å². The summed E-state index contributed by atoms with van der Waals surface area (Å²) >= 11 is 5.93. The summed E-state index contributed by atoms with van der Waals surface area (Å²) in [6, 6.07) is 7.95. The maximum atomic E-state index is 14.6. The van der Waals surface area contributed by atoms with E-state index in [0.29, 0.717) is 5.02 Å². The topological polar surface area (TPSA) is 82.6 Å². The molecule has 160 valence electrons. The molecule has 6 nitrogen and oxygen atoms in total. The molecule has 1 saturated carbocycles. The molecule has 0 aromatic heterocycles. The van der Waals surface area contributed by atoms with Crippen LogP contribution < -0.4 is 20.7 Å². The number of aliphatic hydroxyl groups excluding tert-OH is 1. The number of carbonyl (C=O) groups is 1. The number of nitrogens with one attached hydrogen (secondary N) is 3. The molecule has 30 heavy (non-hydrogen) atoms. The minimum absolute atomic E-state index is 0.0566. The molecule has 9 heteroatoms. The van der Waals surface area contributed by atoms with Gasteiger partial charge in [-0.1, -0.05) is 23.7 Å². The van der Waals surface area contributed by atoms with Gasteiger partial charge in [-0.15, -0.1) is 0 Å². The summed E-state index contributed by atoms with van der Waals surface area (Å²) < 4.78 is 34.0. The van der Waals surface area contributed by atoms with Crippen LogP contribution in [0.1, 0.15) is 29.9 Å². The maximum Gasteiger partial charge on any atom is 0.315 e. The first-order valence-corrected chi connectivity index (χ1v) is 10.00. The highest BCUT2D eigenvalue weighted by atomic mass is 35.5. The van der Waals surface area contributed by atoms with Crippen molar-refractivity contribution in [1.82, 2.24) is 16.0 Å². The minimum Gasteiger partial charge on any atom is -0.497 e. The number of carbonyl (C=O) groups excluding carboxylic acids is 1. The van der Waals surface area contributed by atoms with E-state index in [0.717, 1.165) is 30.5 Å². The number of ether oxygens (including phenoxy) is 1. The fraction of sp³-hybridized carbons (Fsp3) is 0.381. The van der Waals surface area contributed by atoms with Gasteiger partial charge in [0.25, 0.3) is 0 Å². The van der Waals surface area contributed by atoms with Crippen molar-refractivity contribution in [3.8, 4) is 5.75 Å². The number of hydrogen-bond acceptors (Lipinski definition) is 4. The van der Waals surface area contributed by atoms with Crippen LogP contribution in [0, 0.1) is 11.6 Å². The quantitative estimate of drug-likeness (QED) is 0.579. The summed E-state index contributed by atoms with van der Waals surface area (Å²) in [5.41, 5.74) is 0.220. The van der Waals surface area contributed by atoms with Crippen LogP contribution in [0.15, 0.2) is 36.4 Å². The van der Waals surface area contributed by atoms with Crippen LogP contribution in [0.4, 0.5) is 13.6 Å². The number of aliphatic hydroxyl groups is 1. The van der Waals surface area contributed by atoms with Crippen LogP contribution in [0.5, 0.6) is 5.75 Å². The number of hydrogen-bond donors (Lipinski definition) is 4. The molecule has 2 amide bonds. The van der Waals surface area contributed by atoms with E-state index >= 15 is 0 Å². The summed E-state index contributed by atoms with van der Waals surface area (Å²) in [4.78, 5) is 12.7. The van der Waals surface area contributed by atoms with E-state index in [9.17, 15) is 18.7 Å². The predicted molar refractivity (Wildman–Crippen MR) is 107 cm³/mol. The minimum atomic E-state index is -1.15. The average molecular weight is 438 g/mol. The monoisotopic (exact) mass is 437 g/mol. The molecule has 2 aliphatic rings. The van der Waals surface area contributed by atoms with Crippen LogP contribution in [0.3, 0.4) is 0 Å². The van der Waals surface area contributed by atoms with Crippen molar-refractivity contribution in [2.75, 3.05) is 13.7 Å². The van der Waals surface area contributed by atoms with E-state index in [1.165, 1.54) is 7.11 Å². The zero-order valence-corrected chi connectivity index (χ0v) is 17.0. The van der Waals surface area contributed by atoms with Crippen molar-refractivity contribution in [2.45, 2.75) is 36.6 Å². The fourth-order valence-corrected chi connectivity index (χ4v) is 4.13. The van der Waals surface area contributed by atoms with Crippen LogP contribution in [-0.2, 0) is 5.54 Å². The molecular formula is C21H22ClF2N3O3. The Morgan fingerprint density at radius 2 is 1.87 bits per heavy atom. The Morgan fingerprint density at radius 3 is 2.43 bits per heavy atom. The molecule has 1 aliphatic heterocycles. The van der Waals surface area contributed by atoms with Crippen LogP contribution in [-0.4, -0.2) is 37.1 Å². The number of benzene rings is 2. The van der Waals surface area contributed by atoms with Gasteiger partial charge in [0, 0.05) is 35.2 Å². The lowest BCUT2D eigenvalue weighted by Gasteiger charge is -2.26. The summed E-state index contributed by atoms with van der Waals surface area (Å²) in [5, 5.41) is 19.2. The van der Waals surface area contributed by atoms with Gasteiger partial charge < -0.3 is 20.5 Å². The number of methoxy groups -OCH3 is 1. The zero-order valence-electron chi connectivity index (χ0n) is 16.2. The van der Waals surface area contributed by atoms with Crippen molar-refractivity contribution in [1.29, 1.82) is 0 Å². The van der Waals surface area contributed by atoms with Gasteiger partial charge in [0.1, 0.15) is 23.6 Å². The lowest BCUT2D eigenvalue weighted by atomic mass is 9.92. The predicted octanol–water partition coefficient (Wildman–Crippen LogP) is 2.99. The largest absolute Gasteiger partial charge is 0.497 e. The summed E-state index contributed by atoms with van der Waals surface area (Å²) in [6.45, 7) is 0.106. The molecule has 2 fully saturated rings. The molecule has 4 rings (SSSR count). The van der Waals surface area contributed by atoms with Crippen LogP contribution in [0.25, 0.3) is 0 Å². The Labute approximate surface area is 177 Å². The van der Waals surface area contributed by atoms with E-state index in [4.69, 9.17) is 16.3 Å². The molecule has 3 atom stereocenters. The molecule has 0 bridgehead atoms. The van der Waals surface area contributed by atoms with E-state index in [-0.39, 0.29) is 17.9 Å². The summed E-state index contributed by atoms with van der Waals surface area (Å²) in [7, 11) is 1.32. The number of amides is 2. The standard InChI is InChI=1S/C21H22ClF2N3O3/c1-30-13-8-15(23)17(16(24)9-13)14-10-25-19(28)18(14)26-20(29)27-21(6-7-21)11-2-4-12(22)5-3-11/h2-5,8-9,14,18-19,25,28H,6-7,10H2,1H3,(H2,26,27,29)/t14-,18-,19?/m0/s1. The van der Waals surface area contributed by atoms with Gasteiger partial charge in [0.2, 0.25) is 0 Å². The van der Waals surface area contributed by atoms with Gasteiger partial charge in [0.05, 0.1) is 18.7 Å². The van der Waals surface area contributed by atoms with Crippen molar-refractivity contribution < 1.29 is 23.4 Å². The molecular weight excluding hydrogens is 416 g/mol. The van der Waals surface area contributed by atoms with Gasteiger partial charge >= 0.3 is 6.03 Å². The highest BCUT2D eigenvalue weighted by Crippen LogP contribution is 2.45. The second-order valence-electron chi connectivity index (χ2n) is 7.68. The first kappa shape index (κ1) is 20.8. The van der Waals surface area contributed by atoms with Gasteiger partial charge in [-0.2, -0.15) is 0 Å². The number of urea groups is 1. The van der Waals surface area contributed by atoms with Crippen molar-refractivity contribution in [3.63, 3.8) is 0 Å². The molecule has 0 radical (unpaired) electrons. The first-order valence-electron chi connectivity index (χ1n) is 9.62. The second kappa shape index (κ2) is 8.02. The maximum absolute atomic E-state index is 14.6. The molecule has 2 aromatic rings. The van der Waals surface area contributed by atoms with Crippen molar-refractivity contribution in [3.05, 3.63) is 64.2 Å². The first-order chi connectivity index (χ1) is 14.3. The Balaban J connectivity index is 1.50. The third-order valence-corrected chi connectivity index (χ3v) is 6.03. The number of halogens is 3. The highest BCUT2D eigenvalue weighted by Gasteiger charge is 2.47. The van der Waals surface area contributed by atoms with Gasteiger partial charge in [-0.05, 0) is 30.5 Å². The Hall–Kier alpha value is -2.42. The Morgan fingerprint density at radius 1 is 1.23 bits per heavy atom. The smallest absolute Gasteiger partial charge is 0.315 e. The molecule has 1 heterocycles. The molecule has 1 aliphatic carbocycles. The third kappa shape index (κ3) is 3.95. The van der Waals surface area contributed by atoms with E-state index in [2.05, 4.69) is 16.0 Å². The summed E-state index contributed by atoms with van der Waals surface area (Å²) in [6.07, 6.45) is 0.379. The average Bonchev–Trinajstić information content (AvgIpc) is 3.40. The fourth-order valence-electron chi connectivity index (χ4n) is 4.00.